The average molecular weight is 348 g/mol. The van der Waals surface area contributed by atoms with Gasteiger partial charge in [0.1, 0.15) is 0 Å². The molecule has 0 aromatic heterocycles. The number of rotatable bonds is 12. The Hall–Kier alpha value is -1.03. The summed E-state index contributed by atoms with van der Waals surface area (Å²) in [4.78, 5) is 0.105. The highest BCUT2D eigenvalue weighted by Crippen LogP contribution is 2.18. The van der Waals surface area contributed by atoms with Crippen LogP contribution in [0.3, 0.4) is 0 Å². The predicted molar refractivity (Wildman–Crippen MR) is 83.9 cm³/mol. The minimum absolute atomic E-state index is 0.0314. The molecule has 0 aliphatic heterocycles. The monoisotopic (exact) mass is 348 g/mol. The van der Waals surface area contributed by atoms with E-state index in [4.69, 9.17) is 19.3 Å². The largest absolute Gasteiger partial charge is 0.394 e. The summed E-state index contributed by atoms with van der Waals surface area (Å²) >= 11 is 0. The average Bonchev–Trinajstić information content (AvgIpc) is 2.53. The first-order valence-corrected chi connectivity index (χ1v) is 8.86. The first-order valence-electron chi connectivity index (χ1n) is 7.32. The Morgan fingerprint density at radius 2 is 1.57 bits per heavy atom. The lowest BCUT2D eigenvalue weighted by Gasteiger charge is -2.14. The zero-order chi connectivity index (χ0) is 17.1. The molecule has 0 spiro atoms. The molecule has 0 heterocycles. The molecule has 23 heavy (non-hydrogen) atoms. The predicted octanol–water partition coefficient (Wildman–Crippen LogP) is 0.129. The van der Waals surface area contributed by atoms with Crippen LogP contribution in [0.2, 0.25) is 0 Å². The van der Waals surface area contributed by atoms with Crippen LogP contribution in [0.25, 0.3) is 0 Å². The number of ether oxygens (including phenoxy) is 3. The fraction of sp³-hybridized carbons (Fsp3) is 0.600. The molecule has 1 atom stereocenters. The molecule has 0 radical (unpaired) electrons. The van der Waals surface area contributed by atoms with E-state index in [1.165, 1.54) is 6.07 Å². The second kappa shape index (κ2) is 10.7. The summed E-state index contributed by atoms with van der Waals surface area (Å²) in [5.41, 5.74) is -1.03. The molecule has 7 nitrogen and oxygen atoms in total. The summed E-state index contributed by atoms with van der Waals surface area (Å²) in [6.45, 7) is 2.74. The van der Waals surface area contributed by atoms with E-state index in [9.17, 15) is 13.5 Å². The number of aryl methyl sites for hydroxylation is 1. The number of aliphatic hydroxyl groups excluding tert-OH is 2. The van der Waals surface area contributed by atoms with E-state index in [1.54, 1.807) is 25.1 Å². The van der Waals surface area contributed by atoms with Gasteiger partial charge in [-0.05, 0) is 18.6 Å². The van der Waals surface area contributed by atoms with Crippen LogP contribution in [0.1, 0.15) is 5.56 Å². The highest BCUT2D eigenvalue weighted by Gasteiger charge is 2.26. The van der Waals surface area contributed by atoms with E-state index in [1.807, 2.05) is 0 Å². The molecule has 2 N–H and O–H groups in total. The van der Waals surface area contributed by atoms with Crippen molar-refractivity contribution in [2.75, 3.05) is 46.2 Å². The molecule has 0 fully saturated rings. The molecule has 1 aromatic rings. The van der Waals surface area contributed by atoms with Crippen LogP contribution in [-0.2, 0) is 24.0 Å². The molecule has 0 amide bonds. The molecule has 132 valence electrons. The molecule has 1 rings (SSSR count). The molecule has 0 bridgehead atoms. The molecule has 0 aliphatic rings. The lowest BCUT2D eigenvalue weighted by Crippen LogP contribution is -2.27. The van der Waals surface area contributed by atoms with E-state index in [2.05, 4.69) is 0 Å². The minimum Gasteiger partial charge on any atom is -0.394 e. The topological polar surface area (TPSA) is 102 Å². The summed E-state index contributed by atoms with van der Waals surface area (Å²) in [5.74, 6) is 0. The van der Waals surface area contributed by atoms with Gasteiger partial charge < -0.3 is 24.4 Å². The lowest BCUT2D eigenvalue weighted by atomic mass is 10.2. The van der Waals surface area contributed by atoms with Crippen molar-refractivity contribution in [2.45, 2.75) is 17.3 Å². The molecular formula is C15H24O7S. The number of sulfone groups is 1. The Morgan fingerprint density at radius 1 is 1.00 bits per heavy atom. The fourth-order valence-electron chi connectivity index (χ4n) is 1.80. The summed E-state index contributed by atoms with van der Waals surface area (Å²) in [6, 6.07) is 6.48. The van der Waals surface area contributed by atoms with Crippen LogP contribution in [-0.4, -0.2) is 70.3 Å². The summed E-state index contributed by atoms with van der Waals surface area (Å²) in [7, 11) is -3.83. The second-order valence-corrected chi connectivity index (χ2v) is 6.86. The maximum absolute atomic E-state index is 12.2. The Morgan fingerprint density at radius 3 is 2.17 bits per heavy atom. The van der Waals surface area contributed by atoms with E-state index in [0.29, 0.717) is 18.8 Å². The van der Waals surface area contributed by atoms with Gasteiger partial charge in [-0.25, -0.2) is 8.42 Å². The highest BCUT2D eigenvalue weighted by atomic mass is 32.2. The SMILES string of the molecule is Cc1ccccc1S(=O)(=O)C(O)COCCOCCOCCO. The van der Waals surface area contributed by atoms with Gasteiger partial charge in [0.05, 0.1) is 51.1 Å². The van der Waals surface area contributed by atoms with Crippen molar-refractivity contribution in [3.63, 3.8) is 0 Å². The minimum atomic E-state index is -3.83. The van der Waals surface area contributed by atoms with Gasteiger partial charge >= 0.3 is 0 Å². The number of hydrogen-bond acceptors (Lipinski definition) is 7. The number of hydrogen-bond donors (Lipinski definition) is 2. The molecule has 0 saturated carbocycles. The number of aliphatic hydroxyl groups is 2. The quantitative estimate of drug-likeness (QED) is 0.518. The standard InChI is InChI=1S/C15H24O7S/c1-13-4-2-3-5-14(13)23(18,19)15(17)12-22-11-10-21-9-8-20-7-6-16/h2-5,15-17H,6-12H2,1H3. The van der Waals surface area contributed by atoms with Crippen molar-refractivity contribution in [2.24, 2.45) is 0 Å². The highest BCUT2D eigenvalue weighted by molar-refractivity contribution is 7.92. The smallest absolute Gasteiger partial charge is 0.207 e. The molecular weight excluding hydrogens is 324 g/mol. The molecule has 1 unspecified atom stereocenters. The summed E-state index contributed by atoms with van der Waals surface area (Å²) < 4.78 is 39.8. The molecule has 0 aliphatic carbocycles. The Bertz CT molecular complexity index is 545. The van der Waals surface area contributed by atoms with Crippen molar-refractivity contribution >= 4 is 9.84 Å². The van der Waals surface area contributed by atoms with E-state index in [0.717, 1.165) is 0 Å². The third-order valence-corrected chi connectivity index (χ3v) is 4.92. The van der Waals surface area contributed by atoms with Gasteiger partial charge in [-0.1, -0.05) is 18.2 Å². The third kappa shape index (κ3) is 6.94. The Labute approximate surface area is 136 Å². The summed E-state index contributed by atoms with van der Waals surface area (Å²) in [5, 5.41) is 18.4. The van der Waals surface area contributed by atoms with Gasteiger partial charge in [0.2, 0.25) is 9.84 Å². The maximum Gasteiger partial charge on any atom is 0.207 e. The van der Waals surface area contributed by atoms with E-state index < -0.39 is 15.3 Å². The Kier molecular flexibility index (Phi) is 9.30. The van der Waals surface area contributed by atoms with E-state index >= 15 is 0 Å². The van der Waals surface area contributed by atoms with Crippen LogP contribution < -0.4 is 0 Å². The van der Waals surface area contributed by atoms with Crippen LogP contribution in [0, 0.1) is 6.92 Å². The van der Waals surface area contributed by atoms with Crippen molar-refractivity contribution in [1.82, 2.24) is 0 Å². The van der Waals surface area contributed by atoms with Gasteiger partial charge in [0.25, 0.3) is 0 Å². The van der Waals surface area contributed by atoms with Crippen molar-refractivity contribution < 1.29 is 32.8 Å². The van der Waals surface area contributed by atoms with Crippen LogP contribution >= 0.6 is 0 Å². The van der Waals surface area contributed by atoms with Gasteiger partial charge in [-0.2, -0.15) is 0 Å². The molecule has 8 heteroatoms. The van der Waals surface area contributed by atoms with Crippen LogP contribution in [0.15, 0.2) is 29.2 Å². The zero-order valence-corrected chi connectivity index (χ0v) is 14.0. The first kappa shape index (κ1) is 20.0. The lowest BCUT2D eigenvalue weighted by molar-refractivity contribution is -0.00168. The van der Waals surface area contributed by atoms with Gasteiger partial charge in [-0.3, -0.25) is 0 Å². The van der Waals surface area contributed by atoms with Crippen molar-refractivity contribution in [3.8, 4) is 0 Å². The Balaban J connectivity index is 2.26. The zero-order valence-electron chi connectivity index (χ0n) is 13.2. The maximum atomic E-state index is 12.2. The second-order valence-electron chi connectivity index (χ2n) is 4.79. The van der Waals surface area contributed by atoms with Crippen LogP contribution in [0.4, 0.5) is 0 Å². The van der Waals surface area contributed by atoms with Gasteiger partial charge in [0.15, 0.2) is 5.44 Å². The number of benzene rings is 1. The fourth-order valence-corrected chi connectivity index (χ4v) is 3.15. The van der Waals surface area contributed by atoms with Crippen molar-refractivity contribution in [1.29, 1.82) is 0 Å². The molecule has 1 aromatic carbocycles. The van der Waals surface area contributed by atoms with E-state index in [-0.39, 0.29) is 37.9 Å². The van der Waals surface area contributed by atoms with Gasteiger partial charge in [0, 0.05) is 0 Å². The first-order chi connectivity index (χ1) is 11.0. The van der Waals surface area contributed by atoms with Crippen LogP contribution in [0.5, 0.6) is 0 Å². The van der Waals surface area contributed by atoms with Crippen molar-refractivity contribution in [3.05, 3.63) is 29.8 Å². The van der Waals surface area contributed by atoms with Gasteiger partial charge in [-0.15, -0.1) is 0 Å². The normalized spacial score (nSPS) is 13.2. The molecule has 0 saturated heterocycles. The summed E-state index contributed by atoms with van der Waals surface area (Å²) in [6.07, 6.45) is 0. The third-order valence-electron chi connectivity index (χ3n) is 3.00.